The van der Waals surface area contributed by atoms with Crippen molar-refractivity contribution in [1.82, 2.24) is 5.32 Å². The minimum absolute atomic E-state index is 0.0900. The van der Waals surface area contributed by atoms with Gasteiger partial charge in [-0.2, -0.15) is 0 Å². The van der Waals surface area contributed by atoms with Crippen molar-refractivity contribution in [3.8, 4) is 5.75 Å². The molecule has 0 spiro atoms. The van der Waals surface area contributed by atoms with Crippen LogP contribution in [-0.4, -0.2) is 25.1 Å². The van der Waals surface area contributed by atoms with Gasteiger partial charge in [0.2, 0.25) is 5.91 Å². The molecule has 0 saturated carbocycles. The number of nitrogen functional groups attached to an aromatic ring is 1. The average Bonchev–Trinajstić information content (AvgIpc) is 2.29. The quantitative estimate of drug-likeness (QED) is 0.724. The Morgan fingerprint density at radius 1 is 1.40 bits per heavy atom. The normalized spacial score (nSPS) is 11.1. The van der Waals surface area contributed by atoms with Crippen LogP contribution in [0.3, 0.4) is 0 Å². The molecule has 112 valence electrons. The topological polar surface area (TPSA) is 76.4 Å². The number of methoxy groups -OCH3 is 1. The fourth-order valence-corrected chi connectivity index (χ4v) is 1.67. The Hall–Kier alpha value is -1.98. The Bertz CT molecular complexity index is 484. The SMILES string of the molecule is COc1cc(NCCC(=O)NC(C)(C)C)c(F)cc1N. The Kier molecular flexibility index (Phi) is 5.19. The number of amides is 1. The van der Waals surface area contributed by atoms with Crippen LogP contribution in [-0.2, 0) is 4.79 Å². The average molecular weight is 283 g/mol. The largest absolute Gasteiger partial charge is 0.495 e. The summed E-state index contributed by atoms with van der Waals surface area (Å²) in [5.74, 6) is -0.166. The van der Waals surface area contributed by atoms with Crippen LogP contribution in [0.4, 0.5) is 15.8 Å². The van der Waals surface area contributed by atoms with Crippen molar-refractivity contribution in [2.24, 2.45) is 0 Å². The van der Waals surface area contributed by atoms with Crippen molar-refractivity contribution in [3.63, 3.8) is 0 Å². The summed E-state index contributed by atoms with van der Waals surface area (Å²) in [5, 5.41) is 5.69. The first-order chi connectivity index (χ1) is 9.23. The van der Waals surface area contributed by atoms with Crippen molar-refractivity contribution in [2.45, 2.75) is 32.7 Å². The Morgan fingerprint density at radius 3 is 2.60 bits per heavy atom. The number of ether oxygens (including phenoxy) is 1. The van der Waals surface area contributed by atoms with Gasteiger partial charge in [0.05, 0.1) is 18.5 Å². The lowest BCUT2D eigenvalue weighted by Crippen LogP contribution is -2.41. The molecule has 5 nitrogen and oxygen atoms in total. The number of benzene rings is 1. The number of hydrogen-bond donors (Lipinski definition) is 3. The number of nitrogens with one attached hydrogen (secondary N) is 2. The molecule has 4 N–H and O–H groups in total. The predicted molar refractivity (Wildman–Crippen MR) is 78.4 cm³/mol. The van der Waals surface area contributed by atoms with Crippen molar-refractivity contribution in [1.29, 1.82) is 0 Å². The number of carbonyl (C=O) groups excluding carboxylic acids is 1. The van der Waals surface area contributed by atoms with E-state index in [4.69, 9.17) is 10.5 Å². The molecule has 0 aromatic heterocycles. The van der Waals surface area contributed by atoms with E-state index in [-0.39, 0.29) is 29.2 Å². The van der Waals surface area contributed by atoms with E-state index in [1.807, 2.05) is 20.8 Å². The second kappa shape index (κ2) is 6.45. The van der Waals surface area contributed by atoms with Crippen LogP contribution in [0.25, 0.3) is 0 Å². The highest BCUT2D eigenvalue weighted by Crippen LogP contribution is 2.28. The molecule has 0 unspecified atom stereocenters. The van der Waals surface area contributed by atoms with E-state index >= 15 is 0 Å². The van der Waals surface area contributed by atoms with Gasteiger partial charge in [0, 0.05) is 30.6 Å². The molecule has 1 rings (SSSR count). The highest BCUT2D eigenvalue weighted by Gasteiger charge is 2.13. The molecule has 0 aliphatic rings. The van der Waals surface area contributed by atoms with Gasteiger partial charge >= 0.3 is 0 Å². The van der Waals surface area contributed by atoms with E-state index in [2.05, 4.69) is 10.6 Å². The summed E-state index contributed by atoms with van der Waals surface area (Å²) in [5.41, 5.74) is 5.82. The summed E-state index contributed by atoms with van der Waals surface area (Å²) in [4.78, 5) is 11.6. The highest BCUT2D eigenvalue weighted by atomic mass is 19.1. The summed E-state index contributed by atoms with van der Waals surface area (Å²) < 4.78 is 18.7. The smallest absolute Gasteiger partial charge is 0.222 e. The molecule has 1 aromatic rings. The number of anilines is 2. The van der Waals surface area contributed by atoms with Gasteiger partial charge in [0.15, 0.2) is 0 Å². The molecule has 0 radical (unpaired) electrons. The van der Waals surface area contributed by atoms with E-state index in [0.717, 1.165) is 0 Å². The number of halogens is 1. The first-order valence-corrected chi connectivity index (χ1v) is 6.41. The van der Waals surface area contributed by atoms with E-state index in [1.54, 1.807) is 0 Å². The fourth-order valence-electron chi connectivity index (χ4n) is 1.67. The predicted octanol–water partition coefficient (Wildman–Crippen LogP) is 2.13. The van der Waals surface area contributed by atoms with Crippen LogP contribution in [0.15, 0.2) is 12.1 Å². The van der Waals surface area contributed by atoms with Crippen molar-refractivity contribution in [2.75, 3.05) is 24.7 Å². The van der Waals surface area contributed by atoms with Crippen molar-refractivity contribution >= 4 is 17.3 Å². The molecule has 6 heteroatoms. The molecule has 0 aliphatic heterocycles. The van der Waals surface area contributed by atoms with Gasteiger partial charge in [-0.05, 0) is 20.8 Å². The Balaban J connectivity index is 2.56. The minimum atomic E-state index is -0.473. The molecule has 0 saturated heterocycles. The van der Waals surface area contributed by atoms with Crippen LogP contribution in [0.2, 0.25) is 0 Å². The molecular weight excluding hydrogens is 261 g/mol. The number of hydrogen-bond acceptors (Lipinski definition) is 4. The molecule has 1 aromatic carbocycles. The Labute approximate surface area is 118 Å². The molecular formula is C14H22FN3O2. The first kappa shape index (κ1) is 16.1. The monoisotopic (exact) mass is 283 g/mol. The molecule has 0 heterocycles. The molecule has 0 atom stereocenters. The standard InChI is InChI=1S/C14H22FN3O2/c1-14(2,3)18-13(19)5-6-17-11-8-12(20-4)10(16)7-9(11)15/h7-8,17H,5-6,16H2,1-4H3,(H,18,19). The summed E-state index contributed by atoms with van der Waals surface area (Å²) in [6, 6.07) is 2.67. The first-order valence-electron chi connectivity index (χ1n) is 6.41. The third-order valence-electron chi connectivity index (χ3n) is 2.50. The van der Waals surface area contributed by atoms with Crippen LogP contribution in [0, 0.1) is 5.82 Å². The molecule has 0 aliphatic carbocycles. The van der Waals surface area contributed by atoms with Crippen LogP contribution < -0.4 is 21.1 Å². The van der Waals surface area contributed by atoms with Gasteiger partial charge in [-0.25, -0.2) is 4.39 Å². The van der Waals surface area contributed by atoms with Gasteiger partial charge in [-0.15, -0.1) is 0 Å². The zero-order valence-electron chi connectivity index (χ0n) is 12.3. The summed E-state index contributed by atoms with van der Waals surface area (Å²) >= 11 is 0. The molecule has 20 heavy (non-hydrogen) atoms. The van der Waals surface area contributed by atoms with E-state index in [9.17, 15) is 9.18 Å². The third kappa shape index (κ3) is 4.95. The van der Waals surface area contributed by atoms with Gasteiger partial charge in [0.25, 0.3) is 0 Å². The van der Waals surface area contributed by atoms with Crippen molar-refractivity contribution < 1.29 is 13.9 Å². The van der Waals surface area contributed by atoms with Gasteiger partial charge in [0.1, 0.15) is 11.6 Å². The molecule has 0 bridgehead atoms. The van der Waals surface area contributed by atoms with Crippen LogP contribution >= 0.6 is 0 Å². The van der Waals surface area contributed by atoms with Crippen molar-refractivity contribution in [3.05, 3.63) is 17.9 Å². The maximum atomic E-state index is 13.7. The zero-order valence-corrected chi connectivity index (χ0v) is 12.3. The maximum absolute atomic E-state index is 13.7. The second-order valence-corrected chi connectivity index (χ2v) is 5.55. The minimum Gasteiger partial charge on any atom is -0.495 e. The number of rotatable bonds is 5. The Morgan fingerprint density at radius 2 is 2.05 bits per heavy atom. The highest BCUT2D eigenvalue weighted by molar-refractivity contribution is 5.77. The molecule has 1 amide bonds. The lowest BCUT2D eigenvalue weighted by molar-refractivity contribution is -0.122. The van der Waals surface area contributed by atoms with Gasteiger partial charge < -0.3 is 21.1 Å². The summed E-state index contributed by atoms with van der Waals surface area (Å²) in [6.07, 6.45) is 0.253. The number of carbonyl (C=O) groups is 1. The third-order valence-corrected chi connectivity index (χ3v) is 2.50. The maximum Gasteiger partial charge on any atom is 0.222 e. The van der Waals surface area contributed by atoms with E-state index < -0.39 is 5.82 Å². The summed E-state index contributed by atoms with van der Waals surface area (Å²) in [6.45, 7) is 6.04. The second-order valence-electron chi connectivity index (χ2n) is 5.55. The lowest BCUT2D eigenvalue weighted by atomic mass is 10.1. The lowest BCUT2D eigenvalue weighted by Gasteiger charge is -2.20. The zero-order chi connectivity index (χ0) is 15.3. The van der Waals surface area contributed by atoms with Gasteiger partial charge in [-0.1, -0.05) is 0 Å². The van der Waals surface area contributed by atoms with Gasteiger partial charge in [-0.3, -0.25) is 4.79 Å². The van der Waals surface area contributed by atoms with Crippen LogP contribution in [0.5, 0.6) is 5.75 Å². The van der Waals surface area contributed by atoms with E-state index in [1.165, 1.54) is 19.2 Å². The molecule has 0 fully saturated rings. The number of nitrogens with two attached hydrogens (primary N) is 1. The summed E-state index contributed by atoms with van der Waals surface area (Å²) in [7, 11) is 1.46. The van der Waals surface area contributed by atoms with Crippen LogP contribution in [0.1, 0.15) is 27.2 Å². The fraction of sp³-hybridized carbons (Fsp3) is 0.500. The van der Waals surface area contributed by atoms with E-state index in [0.29, 0.717) is 12.3 Å².